The van der Waals surface area contributed by atoms with E-state index in [1.54, 1.807) is 6.92 Å². The van der Waals surface area contributed by atoms with Crippen molar-refractivity contribution in [2.45, 2.75) is 110 Å². The van der Waals surface area contributed by atoms with E-state index in [2.05, 4.69) is 61.6 Å². The standard InChI is InChI=1S/C36H54N4O6/c1-9-20-15(2)22-14-27-29(19(6)41)17(4)24(38-27)12-23-16(3)21(10-11-28(42)45-7)33(39-23)31-32(36(44)46-8)35(43)30-18(5)25(40-34(30)31)13-26(20)37-22/h14,16-18,21,23-25,30-35,37-41,43H,9-13H2,1-8H3. The van der Waals surface area contributed by atoms with Crippen LogP contribution in [0.25, 0.3) is 6.08 Å². The van der Waals surface area contributed by atoms with Crippen LogP contribution in [0.1, 0.15) is 76.4 Å². The van der Waals surface area contributed by atoms with Crippen LogP contribution in [0.4, 0.5) is 0 Å². The molecule has 254 valence electrons. The average molecular weight is 639 g/mol. The number of hydrogen-bond acceptors (Lipinski definition) is 9. The van der Waals surface area contributed by atoms with Crippen molar-refractivity contribution in [2.24, 2.45) is 41.4 Å². The molecule has 6 rings (SSSR count). The maximum absolute atomic E-state index is 13.5. The van der Waals surface area contributed by atoms with Crippen molar-refractivity contribution in [3.8, 4) is 0 Å². The van der Waals surface area contributed by atoms with Crippen LogP contribution in [0.2, 0.25) is 0 Å². The zero-order valence-electron chi connectivity index (χ0n) is 28.6. The number of aliphatic hydroxyl groups excluding tert-OH is 2. The Kier molecular flexibility index (Phi) is 9.10. The second kappa shape index (κ2) is 12.7. The highest BCUT2D eigenvalue weighted by molar-refractivity contribution is 5.74. The molecule has 10 nitrogen and oxygen atoms in total. The Bertz CT molecular complexity index is 1410. The van der Waals surface area contributed by atoms with E-state index in [1.807, 2.05) is 0 Å². The molecule has 1 aliphatic carbocycles. The molecule has 1 aromatic heterocycles. The number of aromatic amines is 1. The van der Waals surface area contributed by atoms with Crippen LogP contribution in [0, 0.1) is 48.3 Å². The minimum absolute atomic E-state index is 0.0731. The molecule has 0 aromatic carbocycles. The maximum atomic E-state index is 13.5. The van der Waals surface area contributed by atoms with E-state index >= 15 is 0 Å². The third-order valence-electron chi connectivity index (χ3n) is 12.8. The van der Waals surface area contributed by atoms with Crippen LogP contribution in [-0.2, 0) is 31.9 Å². The van der Waals surface area contributed by atoms with Gasteiger partial charge in [0.15, 0.2) is 0 Å². The monoisotopic (exact) mass is 638 g/mol. The van der Waals surface area contributed by atoms with Crippen LogP contribution in [0.3, 0.4) is 0 Å². The summed E-state index contributed by atoms with van der Waals surface area (Å²) in [5.74, 6) is -0.798. The number of carbonyl (C=O) groups is 2. The van der Waals surface area contributed by atoms with Crippen LogP contribution < -0.4 is 16.0 Å². The quantitative estimate of drug-likeness (QED) is 0.211. The summed E-state index contributed by atoms with van der Waals surface area (Å²) >= 11 is 0. The summed E-state index contributed by atoms with van der Waals surface area (Å²) < 4.78 is 10.4. The van der Waals surface area contributed by atoms with Gasteiger partial charge in [0.2, 0.25) is 0 Å². The number of methoxy groups -OCH3 is 2. The summed E-state index contributed by atoms with van der Waals surface area (Å²) in [6.07, 6.45) is 4.74. The molecule has 13 unspecified atom stereocenters. The van der Waals surface area contributed by atoms with Gasteiger partial charge in [0.25, 0.3) is 0 Å². The van der Waals surface area contributed by atoms with Gasteiger partial charge >= 0.3 is 11.9 Å². The minimum Gasteiger partial charge on any atom is -0.512 e. The van der Waals surface area contributed by atoms with Crippen LogP contribution in [0.15, 0.2) is 17.0 Å². The third kappa shape index (κ3) is 5.28. The lowest BCUT2D eigenvalue weighted by molar-refractivity contribution is -0.152. The second-order valence-corrected chi connectivity index (χ2v) is 14.8. The number of ether oxygens (including phenoxy) is 2. The summed E-state index contributed by atoms with van der Waals surface area (Å²) in [7, 11) is 2.83. The number of nitrogens with one attached hydrogen (secondary N) is 4. The lowest BCUT2D eigenvalue weighted by Crippen LogP contribution is -2.51. The molecule has 6 N–H and O–H groups in total. The number of aliphatic hydroxyl groups is 2. The van der Waals surface area contributed by atoms with Crippen molar-refractivity contribution in [1.82, 2.24) is 20.9 Å². The Hall–Kier alpha value is -2.82. The third-order valence-corrected chi connectivity index (χ3v) is 12.8. The molecule has 4 aliphatic heterocycles. The Morgan fingerprint density at radius 2 is 1.72 bits per heavy atom. The molecule has 46 heavy (non-hydrogen) atoms. The molecule has 4 fully saturated rings. The van der Waals surface area contributed by atoms with Gasteiger partial charge in [0.1, 0.15) is 0 Å². The first-order valence-electron chi connectivity index (χ1n) is 17.3. The summed E-state index contributed by atoms with van der Waals surface area (Å²) in [6.45, 7) is 12.8. The number of H-pyrrole nitrogens is 1. The highest BCUT2D eigenvalue weighted by atomic mass is 16.5. The molecule has 0 spiro atoms. The number of hydrogen-bond donors (Lipinski definition) is 6. The Balaban J connectivity index is 1.48. The molecule has 5 heterocycles. The van der Waals surface area contributed by atoms with Crippen LogP contribution in [-0.4, -0.2) is 77.7 Å². The molecule has 8 bridgehead atoms. The predicted molar refractivity (Wildman–Crippen MR) is 176 cm³/mol. The van der Waals surface area contributed by atoms with Crippen molar-refractivity contribution < 1.29 is 29.3 Å². The zero-order valence-corrected chi connectivity index (χ0v) is 28.6. The number of rotatable bonds is 5. The zero-order chi connectivity index (χ0) is 33.2. The van der Waals surface area contributed by atoms with Gasteiger partial charge in [-0.25, -0.2) is 0 Å². The molecular formula is C36H54N4O6. The lowest BCUT2D eigenvalue weighted by atomic mass is 9.75. The first kappa shape index (κ1) is 33.1. The largest absolute Gasteiger partial charge is 0.512 e. The second-order valence-electron chi connectivity index (χ2n) is 14.8. The SMILES string of the molecule is CCc1c2[nH]c(c1C)C=C1NC(CC3NC(C(CCC(=O)OC)C3C)C3C4NC(C2)C(C)C4C(O)C3C(=O)OC)C(C)C1=C(C)O. The van der Waals surface area contributed by atoms with Gasteiger partial charge in [-0.05, 0) is 68.1 Å². The summed E-state index contributed by atoms with van der Waals surface area (Å²) in [4.78, 5) is 29.6. The molecule has 1 saturated carbocycles. The number of esters is 2. The van der Waals surface area contributed by atoms with Gasteiger partial charge < -0.3 is 40.6 Å². The maximum Gasteiger partial charge on any atom is 0.311 e. The van der Waals surface area contributed by atoms with E-state index in [1.165, 1.54) is 31.0 Å². The molecule has 10 heteroatoms. The topological polar surface area (TPSA) is 145 Å². The van der Waals surface area contributed by atoms with Gasteiger partial charge in [0, 0.05) is 83.5 Å². The fourth-order valence-corrected chi connectivity index (χ4v) is 10.4. The fraction of sp³-hybridized carbons (Fsp3) is 0.722. The summed E-state index contributed by atoms with van der Waals surface area (Å²) in [5.41, 5.74) is 6.66. The fourth-order valence-electron chi connectivity index (χ4n) is 10.4. The van der Waals surface area contributed by atoms with E-state index in [9.17, 15) is 19.8 Å². The molecule has 3 saturated heterocycles. The van der Waals surface area contributed by atoms with Gasteiger partial charge in [0.05, 0.1) is 32.0 Å². The van der Waals surface area contributed by atoms with Gasteiger partial charge in [-0.1, -0.05) is 27.7 Å². The Morgan fingerprint density at radius 1 is 1.00 bits per heavy atom. The molecular weight excluding hydrogens is 584 g/mol. The molecule has 0 radical (unpaired) electrons. The lowest BCUT2D eigenvalue weighted by Gasteiger charge is -2.34. The number of fused-ring (bicyclic) bond motifs is 8. The highest BCUT2D eigenvalue weighted by Gasteiger charge is 2.63. The Labute approximate surface area is 273 Å². The van der Waals surface area contributed by atoms with Crippen molar-refractivity contribution >= 4 is 18.0 Å². The van der Waals surface area contributed by atoms with Gasteiger partial charge in [-0.3, -0.25) is 9.59 Å². The molecule has 5 aliphatic rings. The number of allylic oxidation sites excluding steroid dienone is 2. The van der Waals surface area contributed by atoms with E-state index in [0.29, 0.717) is 18.6 Å². The van der Waals surface area contributed by atoms with Crippen LogP contribution in [0.5, 0.6) is 0 Å². The van der Waals surface area contributed by atoms with Crippen molar-refractivity contribution in [1.29, 1.82) is 0 Å². The first-order chi connectivity index (χ1) is 21.9. The number of aromatic nitrogens is 1. The Morgan fingerprint density at radius 3 is 2.37 bits per heavy atom. The smallest absolute Gasteiger partial charge is 0.311 e. The average Bonchev–Trinajstić information content (AvgIpc) is 3.76. The summed E-state index contributed by atoms with van der Waals surface area (Å²) in [5, 5.41) is 34.6. The van der Waals surface area contributed by atoms with E-state index in [4.69, 9.17) is 9.47 Å². The molecule has 1 aromatic rings. The minimum atomic E-state index is -0.833. The highest BCUT2D eigenvalue weighted by Crippen LogP contribution is 2.52. The summed E-state index contributed by atoms with van der Waals surface area (Å²) in [6, 6.07) is 0.0726. The van der Waals surface area contributed by atoms with E-state index in [0.717, 1.165) is 36.2 Å². The van der Waals surface area contributed by atoms with Crippen molar-refractivity contribution in [3.05, 3.63) is 39.5 Å². The van der Waals surface area contributed by atoms with Crippen molar-refractivity contribution in [3.63, 3.8) is 0 Å². The predicted octanol–water partition coefficient (Wildman–Crippen LogP) is 3.53. The van der Waals surface area contributed by atoms with Crippen molar-refractivity contribution in [2.75, 3.05) is 14.2 Å². The van der Waals surface area contributed by atoms with Gasteiger partial charge in [-0.15, -0.1) is 0 Å². The molecule has 0 amide bonds. The van der Waals surface area contributed by atoms with Crippen LogP contribution >= 0.6 is 0 Å². The normalized spacial score (nSPS) is 40.8. The first-order valence-corrected chi connectivity index (χ1v) is 17.3. The van der Waals surface area contributed by atoms with Gasteiger partial charge in [-0.2, -0.15) is 0 Å². The molecule has 13 atom stereocenters. The number of carbonyl (C=O) groups excluding carboxylic acids is 2. The van der Waals surface area contributed by atoms with E-state index in [-0.39, 0.29) is 77.7 Å². The van der Waals surface area contributed by atoms with E-state index < -0.39 is 12.0 Å².